The van der Waals surface area contributed by atoms with Gasteiger partial charge in [-0.1, -0.05) is 0 Å². The number of hydrogen-bond donors (Lipinski definition) is 0. The highest BCUT2D eigenvalue weighted by atomic mass is 16.5. The molecule has 0 atom stereocenters. The van der Waals surface area contributed by atoms with E-state index in [-0.39, 0.29) is 5.91 Å². The van der Waals surface area contributed by atoms with Gasteiger partial charge >= 0.3 is 0 Å². The van der Waals surface area contributed by atoms with Crippen LogP contribution in [-0.4, -0.2) is 24.9 Å². The van der Waals surface area contributed by atoms with Gasteiger partial charge in [-0.3, -0.25) is 9.79 Å². The van der Waals surface area contributed by atoms with Gasteiger partial charge < -0.3 is 4.74 Å². The molecule has 4 heteroatoms. The lowest BCUT2D eigenvalue weighted by Crippen LogP contribution is -1.89. The summed E-state index contributed by atoms with van der Waals surface area (Å²) in [6, 6.07) is 0. The quantitative estimate of drug-likeness (QED) is 0.529. The van der Waals surface area contributed by atoms with Crippen molar-refractivity contribution < 1.29 is 9.53 Å². The van der Waals surface area contributed by atoms with E-state index in [0.717, 1.165) is 0 Å². The largest absolute Gasteiger partial charge is 0.472 e. The number of allylic oxidation sites excluding steroid dienone is 1. The van der Waals surface area contributed by atoms with Crippen molar-refractivity contribution in [1.29, 1.82) is 0 Å². The van der Waals surface area contributed by atoms with Crippen LogP contribution in [0, 0.1) is 0 Å². The van der Waals surface area contributed by atoms with Crippen molar-refractivity contribution >= 4 is 18.3 Å². The van der Waals surface area contributed by atoms with Crippen molar-refractivity contribution in [3.8, 4) is 0 Å². The molecule has 12 heavy (non-hydrogen) atoms. The van der Waals surface area contributed by atoms with Gasteiger partial charge in [0.05, 0.1) is 19.1 Å². The van der Waals surface area contributed by atoms with E-state index in [1.54, 1.807) is 12.3 Å². The first-order valence-corrected chi connectivity index (χ1v) is 3.43. The Morgan fingerprint density at radius 1 is 1.42 bits per heavy atom. The molecule has 1 amide bonds. The van der Waals surface area contributed by atoms with Crippen LogP contribution >= 0.6 is 0 Å². The van der Waals surface area contributed by atoms with Crippen molar-refractivity contribution in [3.63, 3.8) is 0 Å². The SMILES string of the molecule is O=C1/C=C\O/C=C\C=NCC=N1. The van der Waals surface area contributed by atoms with Crippen LogP contribution in [0.2, 0.25) is 0 Å². The van der Waals surface area contributed by atoms with E-state index in [1.807, 2.05) is 0 Å². The molecular formula is C8H8N2O2. The van der Waals surface area contributed by atoms with Crippen LogP contribution in [0.3, 0.4) is 0 Å². The number of carbonyl (C=O) groups excluding carboxylic acids is 1. The van der Waals surface area contributed by atoms with E-state index in [9.17, 15) is 4.79 Å². The fourth-order valence-corrected chi connectivity index (χ4v) is 0.566. The number of ether oxygens (including phenoxy) is 1. The molecule has 0 N–H and O–H groups in total. The number of rotatable bonds is 0. The van der Waals surface area contributed by atoms with Crippen molar-refractivity contribution in [2.45, 2.75) is 0 Å². The smallest absolute Gasteiger partial charge is 0.272 e. The van der Waals surface area contributed by atoms with E-state index in [1.165, 1.54) is 24.8 Å². The first-order valence-electron chi connectivity index (χ1n) is 3.43. The molecule has 0 saturated heterocycles. The zero-order chi connectivity index (χ0) is 8.65. The van der Waals surface area contributed by atoms with Gasteiger partial charge in [0.2, 0.25) is 0 Å². The molecule has 62 valence electrons. The minimum absolute atomic E-state index is 0.347. The molecule has 0 saturated carbocycles. The second kappa shape index (κ2) is 5.01. The molecule has 0 bridgehead atoms. The highest BCUT2D eigenvalue weighted by molar-refractivity contribution is 5.93. The number of carbonyl (C=O) groups is 1. The molecule has 1 aliphatic heterocycles. The second-order valence-corrected chi connectivity index (χ2v) is 1.93. The third-order valence-corrected chi connectivity index (χ3v) is 1.04. The van der Waals surface area contributed by atoms with E-state index >= 15 is 0 Å². The van der Waals surface area contributed by atoms with Crippen molar-refractivity contribution in [2.75, 3.05) is 6.54 Å². The summed E-state index contributed by atoms with van der Waals surface area (Å²) >= 11 is 0. The Morgan fingerprint density at radius 3 is 3.25 bits per heavy atom. The third-order valence-electron chi connectivity index (χ3n) is 1.04. The van der Waals surface area contributed by atoms with Gasteiger partial charge in [-0.2, -0.15) is 0 Å². The topological polar surface area (TPSA) is 51.0 Å². The Hall–Kier alpha value is -1.71. The highest BCUT2D eigenvalue weighted by Crippen LogP contribution is 1.84. The molecule has 0 aromatic heterocycles. The maximum Gasteiger partial charge on any atom is 0.272 e. The van der Waals surface area contributed by atoms with Crippen LogP contribution < -0.4 is 0 Å². The molecule has 0 unspecified atom stereocenters. The molecule has 1 heterocycles. The lowest BCUT2D eigenvalue weighted by molar-refractivity contribution is -0.113. The summed E-state index contributed by atoms with van der Waals surface area (Å²) in [6.07, 6.45) is 8.60. The Labute approximate surface area is 70.0 Å². The zero-order valence-electron chi connectivity index (χ0n) is 6.38. The van der Waals surface area contributed by atoms with Crippen LogP contribution in [0.4, 0.5) is 0 Å². The molecule has 0 aromatic rings. The van der Waals surface area contributed by atoms with Crippen LogP contribution in [-0.2, 0) is 9.53 Å². The van der Waals surface area contributed by atoms with Gasteiger partial charge in [0.25, 0.3) is 5.91 Å². The second-order valence-electron chi connectivity index (χ2n) is 1.93. The molecule has 1 aliphatic rings. The van der Waals surface area contributed by atoms with E-state index in [4.69, 9.17) is 4.74 Å². The molecule has 0 aromatic carbocycles. The van der Waals surface area contributed by atoms with E-state index in [0.29, 0.717) is 6.54 Å². The molecular weight excluding hydrogens is 156 g/mol. The summed E-state index contributed by atoms with van der Waals surface area (Å²) in [5, 5.41) is 0. The Kier molecular flexibility index (Phi) is 3.50. The molecule has 1 rings (SSSR count). The average Bonchev–Trinajstić information content (AvgIpc) is 2.11. The van der Waals surface area contributed by atoms with Gasteiger partial charge in [0.1, 0.15) is 0 Å². The molecule has 0 aliphatic carbocycles. The fourth-order valence-electron chi connectivity index (χ4n) is 0.566. The van der Waals surface area contributed by atoms with Crippen LogP contribution in [0.25, 0.3) is 0 Å². The summed E-state index contributed by atoms with van der Waals surface area (Å²) in [5.74, 6) is -0.347. The maximum absolute atomic E-state index is 10.8. The monoisotopic (exact) mass is 164 g/mol. The molecule has 0 spiro atoms. The summed E-state index contributed by atoms with van der Waals surface area (Å²) < 4.78 is 4.79. The predicted octanol–water partition coefficient (Wildman–Crippen LogP) is 0.712. The molecule has 0 fully saturated rings. The third kappa shape index (κ3) is 3.46. The van der Waals surface area contributed by atoms with E-state index in [2.05, 4.69) is 9.98 Å². The van der Waals surface area contributed by atoms with E-state index < -0.39 is 0 Å². The summed E-state index contributed by atoms with van der Waals surface area (Å²) in [4.78, 5) is 18.2. The van der Waals surface area contributed by atoms with Crippen LogP contribution in [0.5, 0.6) is 0 Å². The van der Waals surface area contributed by atoms with Gasteiger partial charge in [-0.05, 0) is 6.08 Å². The lowest BCUT2D eigenvalue weighted by atomic mass is 10.6. The Bertz CT molecular complexity index is 238. The summed E-state index contributed by atoms with van der Waals surface area (Å²) in [5.41, 5.74) is 0. The first kappa shape index (κ1) is 8.39. The fraction of sp³-hybridized carbons (Fsp3) is 0.125. The molecule has 4 nitrogen and oxygen atoms in total. The number of nitrogens with zero attached hydrogens (tertiary/aromatic N) is 2. The van der Waals surface area contributed by atoms with Crippen molar-refractivity contribution in [3.05, 3.63) is 24.7 Å². The zero-order valence-corrected chi connectivity index (χ0v) is 6.38. The lowest BCUT2D eigenvalue weighted by Gasteiger charge is -1.84. The summed E-state index contributed by atoms with van der Waals surface area (Å²) in [6.45, 7) is 0.407. The van der Waals surface area contributed by atoms with Crippen LogP contribution in [0.15, 0.2) is 34.7 Å². The number of aliphatic imine (C=N–C) groups is 2. The number of amides is 1. The van der Waals surface area contributed by atoms with Gasteiger partial charge in [0, 0.05) is 18.5 Å². The Balaban J connectivity index is 2.63. The normalized spacial score (nSPS) is 22.5. The van der Waals surface area contributed by atoms with Crippen LogP contribution in [0.1, 0.15) is 0 Å². The minimum atomic E-state index is -0.347. The van der Waals surface area contributed by atoms with Crippen molar-refractivity contribution in [2.24, 2.45) is 9.98 Å². The van der Waals surface area contributed by atoms with Gasteiger partial charge in [-0.25, -0.2) is 4.99 Å². The Morgan fingerprint density at radius 2 is 2.33 bits per heavy atom. The summed E-state index contributed by atoms with van der Waals surface area (Å²) in [7, 11) is 0. The molecule has 0 radical (unpaired) electrons. The minimum Gasteiger partial charge on any atom is -0.472 e. The van der Waals surface area contributed by atoms with Gasteiger partial charge in [-0.15, -0.1) is 0 Å². The predicted molar refractivity (Wildman–Crippen MR) is 46.2 cm³/mol. The maximum atomic E-state index is 10.8. The number of hydrogen-bond acceptors (Lipinski definition) is 3. The highest BCUT2D eigenvalue weighted by Gasteiger charge is 1.87. The average molecular weight is 164 g/mol. The standard InChI is InChI=1S/C8H8N2O2/c11-8-2-7-12-6-1-3-9-4-5-10-8/h1-3,5-7H,4H2/b6-1-,7-2-,9-3?,10-5?. The van der Waals surface area contributed by atoms with Crippen molar-refractivity contribution in [1.82, 2.24) is 0 Å². The van der Waals surface area contributed by atoms with Gasteiger partial charge in [0.15, 0.2) is 0 Å². The first-order chi connectivity index (χ1) is 5.89.